The summed E-state index contributed by atoms with van der Waals surface area (Å²) in [4.78, 5) is 12.2. The van der Waals surface area contributed by atoms with Crippen molar-refractivity contribution < 1.29 is 0 Å². The molecule has 0 bridgehead atoms. The number of hydrogen-bond acceptors (Lipinski definition) is 3. The van der Waals surface area contributed by atoms with Crippen LogP contribution in [0.1, 0.15) is 17.2 Å². The zero-order valence-corrected chi connectivity index (χ0v) is 11.2. The highest BCUT2D eigenvalue weighted by molar-refractivity contribution is 5.35. The van der Waals surface area contributed by atoms with E-state index in [0.717, 1.165) is 5.56 Å². The molecular formula is C15H16N4O. The molecule has 2 heterocycles. The van der Waals surface area contributed by atoms with Gasteiger partial charge in [-0.25, -0.2) is 9.48 Å². The van der Waals surface area contributed by atoms with Gasteiger partial charge >= 0.3 is 5.69 Å². The maximum atomic E-state index is 12.2. The molecule has 0 saturated carbocycles. The van der Waals surface area contributed by atoms with E-state index in [9.17, 15) is 4.79 Å². The van der Waals surface area contributed by atoms with Gasteiger partial charge in [-0.15, -0.1) is 5.10 Å². The van der Waals surface area contributed by atoms with Gasteiger partial charge in [0.1, 0.15) is 0 Å². The van der Waals surface area contributed by atoms with Gasteiger partial charge in [0.25, 0.3) is 0 Å². The van der Waals surface area contributed by atoms with Gasteiger partial charge in [-0.2, -0.15) is 0 Å². The first kappa shape index (κ1) is 12.6. The Labute approximate surface area is 116 Å². The molecule has 0 aliphatic rings. The molecule has 20 heavy (non-hydrogen) atoms. The Morgan fingerprint density at radius 3 is 2.65 bits per heavy atom. The van der Waals surface area contributed by atoms with Gasteiger partial charge in [0.2, 0.25) is 0 Å². The Kier molecular flexibility index (Phi) is 3.12. The summed E-state index contributed by atoms with van der Waals surface area (Å²) in [7, 11) is 0. The van der Waals surface area contributed by atoms with E-state index in [1.807, 2.05) is 37.3 Å². The van der Waals surface area contributed by atoms with Gasteiger partial charge in [-0.1, -0.05) is 35.9 Å². The van der Waals surface area contributed by atoms with Crippen LogP contribution in [0.25, 0.3) is 5.65 Å². The van der Waals surface area contributed by atoms with Crippen LogP contribution in [0.2, 0.25) is 0 Å². The zero-order valence-electron chi connectivity index (χ0n) is 11.2. The third-order valence-electron chi connectivity index (χ3n) is 3.36. The fraction of sp³-hybridized carbons (Fsp3) is 0.200. The fourth-order valence-corrected chi connectivity index (χ4v) is 2.19. The maximum absolute atomic E-state index is 12.2. The van der Waals surface area contributed by atoms with Crippen LogP contribution in [0, 0.1) is 6.92 Å². The average molecular weight is 268 g/mol. The van der Waals surface area contributed by atoms with Crippen molar-refractivity contribution in [3.05, 3.63) is 70.3 Å². The predicted molar refractivity (Wildman–Crippen MR) is 77.6 cm³/mol. The number of nitrogens with zero attached hydrogens (tertiary/aromatic N) is 3. The lowest BCUT2D eigenvalue weighted by Gasteiger charge is -2.11. The number of nitrogens with two attached hydrogens (primary N) is 1. The molecule has 0 fully saturated rings. The normalized spacial score (nSPS) is 12.7. The first-order chi connectivity index (χ1) is 9.65. The number of aromatic nitrogens is 3. The van der Waals surface area contributed by atoms with E-state index in [1.165, 1.54) is 14.6 Å². The first-order valence-corrected chi connectivity index (χ1v) is 6.51. The van der Waals surface area contributed by atoms with Crippen molar-refractivity contribution in [3.8, 4) is 0 Å². The van der Waals surface area contributed by atoms with Crippen LogP contribution in [0.5, 0.6) is 0 Å². The van der Waals surface area contributed by atoms with Gasteiger partial charge in [0.15, 0.2) is 5.65 Å². The Balaban J connectivity index is 1.91. The molecule has 0 saturated heterocycles. The number of fused-ring (bicyclic) bond motifs is 1. The molecular weight excluding hydrogens is 252 g/mol. The number of hydrogen-bond donors (Lipinski definition) is 1. The highest BCUT2D eigenvalue weighted by atomic mass is 16.2. The number of benzene rings is 1. The van der Waals surface area contributed by atoms with Crippen LogP contribution in [0.3, 0.4) is 0 Å². The molecule has 3 aromatic rings. The molecule has 5 nitrogen and oxygen atoms in total. The molecule has 0 aliphatic carbocycles. The molecule has 1 aromatic carbocycles. The lowest BCUT2D eigenvalue weighted by molar-refractivity contribution is 0.513. The SMILES string of the molecule is Cc1ccc(C(N)Cn2nc3ccccn3c2=O)cc1. The summed E-state index contributed by atoms with van der Waals surface area (Å²) in [5.41, 5.74) is 8.81. The third kappa shape index (κ3) is 2.23. The van der Waals surface area contributed by atoms with Gasteiger partial charge in [-0.05, 0) is 24.6 Å². The summed E-state index contributed by atoms with van der Waals surface area (Å²) in [5.74, 6) is 0. The largest absolute Gasteiger partial charge is 0.350 e. The zero-order chi connectivity index (χ0) is 14.1. The Hall–Kier alpha value is -2.40. The van der Waals surface area contributed by atoms with Gasteiger partial charge < -0.3 is 5.73 Å². The van der Waals surface area contributed by atoms with Crippen molar-refractivity contribution in [2.24, 2.45) is 5.73 Å². The summed E-state index contributed by atoms with van der Waals surface area (Å²) >= 11 is 0. The van der Waals surface area contributed by atoms with Crippen molar-refractivity contribution in [1.29, 1.82) is 0 Å². The van der Waals surface area contributed by atoms with E-state index < -0.39 is 0 Å². The van der Waals surface area contributed by atoms with Crippen molar-refractivity contribution in [3.63, 3.8) is 0 Å². The fourth-order valence-electron chi connectivity index (χ4n) is 2.19. The van der Waals surface area contributed by atoms with Crippen molar-refractivity contribution in [1.82, 2.24) is 14.2 Å². The standard InChI is InChI=1S/C15H16N4O/c1-11-5-7-12(8-6-11)13(16)10-19-15(20)18-9-3-2-4-14(18)17-19/h2-9,13H,10,16H2,1H3. The summed E-state index contributed by atoms with van der Waals surface area (Å²) < 4.78 is 2.93. The molecule has 0 aliphatic heterocycles. The second-order valence-corrected chi connectivity index (χ2v) is 4.91. The van der Waals surface area contributed by atoms with E-state index in [0.29, 0.717) is 12.2 Å². The second kappa shape index (κ2) is 4.94. The quantitative estimate of drug-likeness (QED) is 0.783. The minimum absolute atomic E-state index is 0.164. The van der Waals surface area contributed by atoms with Crippen LogP contribution >= 0.6 is 0 Å². The Bertz CT molecular complexity index is 785. The average Bonchev–Trinajstić information content (AvgIpc) is 2.77. The molecule has 2 aromatic heterocycles. The third-order valence-corrected chi connectivity index (χ3v) is 3.36. The molecule has 2 N–H and O–H groups in total. The monoisotopic (exact) mass is 268 g/mol. The predicted octanol–water partition coefficient (Wildman–Crippen LogP) is 1.50. The van der Waals surface area contributed by atoms with Crippen LogP contribution in [-0.2, 0) is 6.54 Å². The Morgan fingerprint density at radius 1 is 1.20 bits per heavy atom. The lowest BCUT2D eigenvalue weighted by Crippen LogP contribution is -2.27. The van der Waals surface area contributed by atoms with E-state index in [1.54, 1.807) is 18.3 Å². The molecule has 0 spiro atoms. The van der Waals surface area contributed by atoms with Crippen molar-refractivity contribution in [2.45, 2.75) is 19.5 Å². The summed E-state index contributed by atoms with van der Waals surface area (Å²) in [6.07, 6.45) is 1.71. The van der Waals surface area contributed by atoms with Crippen molar-refractivity contribution >= 4 is 5.65 Å². The number of pyridine rings is 1. The molecule has 1 atom stereocenters. The number of aryl methyl sites for hydroxylation is 1. The van der Waals surface area contributed by atoms with E-state index in [4.69, 9.17) is 5.73 Å². The highest BCUT2D eigenvalue weighted by Crippen LogP contribution is 2.12. The molecule has 0 amide bonds. The van der Waals surface area contributed by atoms with E-state index >= 15 is 0 Å². The van der Waals surface area contributed by atoms with E-state index in [2.05, 4.69) is 5.10 Å². The summed E-state index contributed by atoms with van der Waals surface area (Å²) in [6, 6.07) is 13.2. The minimum atomic E-state index is -0.252. The first-order valence-electron chi connectivity index (χ1n) is 6.51. The summed E-state index contributed by atoms with van der Waals surface area (Å²) in [5, 5.41) is 4.28. The minimum Gasteiger partial charge on any atom is -0.322 e. The molecule has 3 rings (SSSR count). The molecule has 5 heteroatoms. The van der Waals surface area contributed by atoms with Crippen LogP contribution in [0.4, 0.5) is 0 Å². The Morgan fingerprint density at radius 2 is 1.95 bits per heavy atom. The smallest absolute Gasteiger partial charge is 0.322 e. The van der Waals surface area contributed by atoms with Crippen LogP contribution < -0.4 is 11.4 Å². The highest BCUT2D eigenvalue weighted by Gasteiger charge is 2.11. The van der Waals surface area contributed by atoms with Gasteiger partial charge in [0.05, 0.1) is 6.54 Å². The van der Waals surface area contributed by atoms with Crippen LogP contribution in [0.15, 0.2) is 53.5 Å². The molecule has 1 unspecified atom stereocenters. The van der Waals surface area contributed by atoms with Gasteiger partial charge in [-0.3, -0.25) is 4.40 Å². The van der Waals surface area contributed by atoms with E-state index in [-0.39, 0.29) is 11.7 Å². The topological polar surface area (TPSA) is 65.3 Å². The molecule has 102 valence electrons. The lowest BCUT2D eigenvalue weighted by atomic mass is 10.1. The van der Waals surface area contributed by atoms with Crippen LogP contribution in [-0.4, -0.2) is 14.2 Å². The molecule has 0 radical (unpaired) electrons. The van der Waals surface area contributed by atoms with Crippen molar-refractivity contribution in [2.75, 3.05) is 0 Å². The maximum Gasteiger partial charge on any atom is 0.350 e. The summed E-state index contributed by atoms with van der Waals surface area (Å²) in [6.45, 7) is 2.39. The van der Waals surface area contributed by atoms with Gasteiger partial charge in [0, 0.05) is 12.2 Å². The number of rotatable bonds is 3. The second-order valence-electron chi connectivity index (χ2n) is 4.91.